The van der Waals surface area contributed by atoms with E-state index < -0.39 is 0 Å². The number of amides is 1. The van der Waals surface area contributed by atoms with Crippen molar-refractivity contribution in [3.8, 4) is 0 Å². The second-order valence-electron chi connectivity index (χ2n) is 7.61. The highest BCUT2D eigenvalue weighted by Gasteiger charge is 2.22. The topological polar surface area (TPSA) is 66.6 Å². The van der Waals surface area contributed by atoms with Crippen LogP contribution in [0.1, 0.15) is 42.6 Å². The van der Waals surface area contributed by atoms with Gasteiger partial charge in [0, 0.05) is 50.6 Å². The molecule has 1 saturated heterocycles. The molecule has 1 aliphatic heterocycles. The number of anilines is 1. The van der Waals surface area contributed by atoms with Gasteiger partial charge in [-0.05, 0) is 24.6 Å². The Bertz CT molecular complexity index is 970. The highest BCUT2D eigenvalue weighted by Crippen LogP contribution is 2.21. The molecule has 0 unspecified atom stereocenters. The van der Waals surface area contributed by atoms with E-state index in [1.807, 2.05) is 9.42 Å². The summed E-state index contributed by atoms with van der Waals surface area (Å²) in [5.41, 5.74) is 2.51. The zero-order valence-corrected chi connectivity index (χ0v) is 17.4. The number of aryl methyl sites for hydroxylation is 2. The van der Waals surface area contributed by atoms with Crippen LogP contribution in [0.3, 0.4) is 0 Å². The third-order valence-corrected chi connectivity index (χ3v) is 6.08. The normalized spacial score (nSPS) is 15.0. The minimum atomic E-state index is 0.207. The van der Waals surface area contributed by atoms with Crippen molar-refractivity contribution < 1.29 is 4.79 Å². The summed E-state index contributed by atoms with van der Waals surface area (Å²) in [7, 11) is 0. The molecule has 4 rings (SSSR count). The molecule has 7 nitrogen and oxygen atoms in total. The molecule has 2 aromatic heterocycles. The largest absolute Gasteiger partial charge is 0.368 e. The predicted octanol–water partition coefficient (Wildman–Crippen LogP) is 2.90. The van der Waals surface area contributed by atoms with Crippen LogP contribution in [-0.2, 0) is 11.2 Å². The summed E-state index contributed by atoms with van der Waals surface area (Å²) in [6.45, 7) is 9.57. The maximum atomic E-state index is 12.6. The van der Waals surface area contributed by atoms with E-state index in [-0.39, 0.29) is 11.8 Å². The molecule has 0 spiro atoms. The minimum Gasteiger partial charge on any atom is -0.368 e. The average molecular weight is 399 g/mol. The molecule has 3 aromatic rings. The van der Waals surface area contributed by atoms with Crippen LogP contribution in [0.2, 0.25) is 0 Å². The van der Waals surface area contributed by atoms with E-state index in [0.717, 1.165) is 42.0 Å². The Hall–Kier alpha value is -2.48. The first-order chi connectivity index (χ1) is 13.5. The van der Waals surface area contributed by atoms with E-state index >= 15 is 0 Å². The van der Waals surface area contributed by atoms with Gasteiger partial charge in [-0.25, -0.2) is 0 Å². The summed E-state index contributed by atoms with van der Waals surface area (Å²) in [4.78, 5) is 17.8. The average Bonchev–Trinajstić information content (AvgIpc) is 3.26. The molecule has 0 N–H and O–H groups in total. The van der Waals surface area contributed by atoms with Gasteiger partial charge in [-0.3, -0.25) is 4.79 Å². The van der Waals surface area contributed by atoms with Crippen molar-refractivity contribution in [2.75, 3.05) is 31.1 Å². The number of piperazine rings is 1. The monoisotopic (exact) mass is 398 g/mol. The van der Waals surface area contributed by atoms with Gasteiger partial charge >= 0.3 is 0 Å². The van der Waals surface area contributed by atoms with Crippen molar-refractivity contribution in [1.82, 2.24) is 24.7 Å². The summed E-state index contributed by atoms with van der Waals surface area (Å²) in [5, 5.41) is 13.9. The van der Waals surface area contributed by atoms with Crippen molar-refractivity contribution in [2.24, 2.45) is 0 Å². The molecule has 0 atom stereocenters. The van der Waals surface area contributed by atoms with Crippen molar-refractivity contribution in [3.63, 3.8) is 0 Å². The number of carbonyl (C=O) groups excluding carboxylic acids is 1. The van der Waals surface area contributed by atoms with Gasteiger partial charge in [0.25, 0.3) is 0 Å². The molecular weight excluding hydrogens is 372 g/mol. The lowest BCUT2D eigenvalue weighted by Gasteiger charge is -2.36. The Labute approximate surface area is 169 Å². The molecular formula is C20H26N6OS. The van der Waals surface area contributed by atoms with Gasteiger partial charge < -0.3 is 9.80 Å². The number of rotatable bonds is 5. The van der Waals surface area contributed by atoms with Crippen molar-refractivity contribution in [3.05, 3.63) is 40.7 Å². The van der Waals surface area contributed by atoms with E-state index in [1.54, 1.807) is 0 Å². The van der Waals surface area contributed by atoms with Crippen LogP contribution >= 0.6 is 11.3 Å². The van der Waals surface area contributed by atoms with E-state index in [9.17, 15) is 4.79 Å². The van der Waals surface area contributed by atoms with E-state index in [0.29, 0.717) is 12.8 Å². The lowest BCUT2D eigenvalue weighted by Crippen LogP contribution is -2.48. The molecule has 1 amide bonds. The van der Waals surface area contributed by atoms with Crippen molar-refractivity contribution in [1.29, 1.82) is 0 Å². The Morgan fingerprint density at radius 1 is 1.18 bits per heavy atom. The number of benzene rings is 1. The van der Waals surface area contributed by atoms with E-state index in [2.05, 4.69) is 65.2 Å². The fourth-order valence-corrected chi connectivity index (χ4v) is 4.38. The summed E-state index contributed by atoms with van der Waals surface area (Å²) in [6, 6.07) is 8.55. The standard InChI is InChI=1S/C20H26N6OS/c1-14(2)19-21-22-20-26(19)23-17(28-20)7-8-18(27)25-11-9-24(10-12-25)16-6-4-5-15(3)13-16/h4-6,13-14H,7-12H2,1-3H3. The molecule has 1 aromatic carbocycles. The second kappa shape index (κ2) is 7.87. The van der Waals surface area contributed by atoms with Crippen LogP contribution in [0, 0.1) is 6.92 Å². The quantitative estimate of drug-likeness (QED) is 0.661. The summed E-state index contributed by atoms with van der Waals surface area (Å²) < 4.78 is 1.82. The van der Waals surface area contributed by atoms with Crippen LogP contribution < -0.4 is 4.90 Å². The molecule has 0 bridgehead atoms. The van der Waals surface area contributed by atoms with Crippen LogP contribution in [0.4, 0.5) is 5.69 Å². The molecule has 1 aliphatic rings. The van der Waals surface area contributed by atoms with Gasteiger partial charge in [0.1, 0.15) is 5.01 Å². The Morgan fingerprint density at radius 2 is 1.96 bits per heavy atom. The van der Waals surface area contributed by atoms with Gasteiger partial charge in [0.05, 0.1) is 0 Å². The Morgan fingerprint density at radius 3 is 2.68 bits per heavy atom. The minimum absolute atomic E-state index is 0.207. The summed E-state index contributed by atoms with van der Waals surface area (Å²) in [6.07, 6.45) is 1.15. The first kappa shape index (κ1) is 18.9. The van der Waals surface area contributed by atoms with Crippen LogP contribution in [0.5, 0.6) is 0 Å². The first-order valence-corrected chi connectivity index (χ1v) is 10.6. The molecule has 3 heterocycles. The highest BCUT2D eigenvalue weighted by atomic mass is 32.1. The number of hydrogen-bond acceptors (Lipinski definition) is 6. The molecule has 1 fully saturated rings. The molecule has 148 valence electrons. The molecule has 28 heavy (non-hydrogen) atoms. The first-order valence-electron chi connectivity index (χ1n) is 9.81. The van der Waals surface area contributed by atoms with Crippen LogP contribution in [0.25, 0.3) is 4.96 Å². The zero-order valence-electron chi connectivity index (χ0n) is 16.6. The second-order valence-corrected chi connectivity index (χ2v) is 8.65. The van der Waals surface area contributed by atoms with Crippen LogP contribution in [0.15, 0.2) is 24.3 Å². The molecule has 0 aliphatic carbocycles. The smallest absolute Gasteiger partial charge is 0.234 e. The fourth-order valence-electron chi connectivity index (χ4n) is 3.54. The van der Waals surface area contributed by atoms with Gasteiger partial charge in [-0.15, -0.1) is 10.2 Å². The van der Waals surface area contributed by atoms with Gasteiger partial charge in [0.15, 0.2) is 5.82 Å². The predicted molar refractivity (Wildman–Crippen MR) is 111 cm³/mol. The van der Waals surface area contributed by atoms with E-state index in [1.165, 1.54) is 22.6 Å². The lowest BCUT2D eigenvalue weighted by atomic mass is 10.2. The van der Waals surface area contributed by atoms with E-state index in [4.69, 9.17) is 0 Å². The molecule has 8 heteroatoms. The molecule has 0 saturated carbocycles. The van der Waals surface area contributed by atoms with Gasteiger partial charge in [0.2, 0.25) is 10.9 Å². The number of carbonyl (C=O) groups is 1. The van der Waals surface area contributed by atoms with Crippen molar-refractivity contribution in [2.45, 2.75) is 39.5 Å². The Kier molecular flexibility index (Phi) is 5.30. The number of nitrogens with zero attached hydrogens (tertiary/aromatic N) is 6. The molecule has 0 radical (unpaired) electrons. The maximum absolute atomic E-state index is 12.6. The highest BCUT2D eigenvalue weighted by molar-refractivity contribution is 7.16. The Balaban J connectivity index is 1.31. The summed E-state index contributed by atoms with van der Waals surface area (Å²) in [5.74, 6) is 1.35. The number of fused-ring (bicyclic) bond motifs is 1. The van der Waals surface area contributed by atoms with Crippen LogP contribution in [-0.4, -0.2) is 56.8 Å². The maximum Gasteiger partial charge on any atom is 0.234 e. The van der Waals surface area contributed by atoms with Gasteiger partial charge in [-0.1, -0.05) is 37.3 Å². The lowest BCUT2D eigenvalue weighted by molar-refractivity contribution is -0.131. The third-order valence-electron chi connectivity index (χ3n) is 5.13. The third kappa shape index (κ3) is 3.87. The SMILES string of the molecule is Cc1cccc(N2CCN(C(=O)CCc3nn4c(C(C)C)nnc4s3)CC2)c1. The number of aromatic nitrogens is 4. The van der Waals surface area contributed by atoms with Gasteiger partial charge in [-0.2, -0.15) is 9.61 Å². The van der Waals surface area contributed by atoms with Crippen molar-refractivity contribution >= 4 is 27.9 Å². The zero-order chi connectivity index (χ0) is 19.7. The number of hydrogen-bond donors (Lipinski definition) is 0. The summed E-state index contributed by atoms with van der Waals surface area (Å²) >= 11 is 1.52. The fraction of sp³-hybridized carbons (Fsp3) is 0.500.